The monoisotopic (exact) mass is 369 g/mol. The van der Waals surface area contributed by atoms with E-state index < -0.39 is 0 Å². The smallest absolute Gasteiger partial charge is 0.317 e. The van der Waals surface area contributed by atoms with Gasteiger partial charge in [-0.15, -0.1) is 0 Å². The van der Waals surface area contributed by atoms with Gasteiger partial charge in [-0.1, -0.05) is 43.2 Å². The molecule has 6 heteroatoms. The van der Waals surface area contributed by atoms with E-state index in [1.807, 2.05) is 50.4 Å². The van der Waals surface area contributed by atoms with Gasteiger partial charge in [0.25, 0.3) is 0 Å². The SMILES string of the molecule is C[C@H](c1cc(-c2ccccc2)n[nH]1)N(C)C(=O)NCC1(N(C)C)CCCC1. The number of benzene rings is 1. The molecule has 1 aromatic carbocycles. The van der Waals surface area contributed by atoms with Crippen molar-refractivity contribution in [3.8, 4) is 11.3 Å². The van der Waals surface area contributed by atoms with Gasteiger partial charge in [-0.2, -0.15) is 5.10 Å². The Morgan fingerprint density at radius 3 is 2.52 bits per heavy atom. The van der Waals surface area contributed by atoms with Crippen molar-refractivity contribution in [1.82, 2.24) is 25.3 Å². The minimum atomic E-state index is -0.0890. The number of hydrogen-bond acceptors (Lipinski definition) is 3. The second-order valence-electron chi connectivity index (χ2n) is 7.85. The minimum absolute atomic E-state index is 0.0495. The third-order valence-electron chi connectivity index (χ3n) is 6.07. The molecule has 1 aliphatic carbocycles. The zero-order valence-corrected chi connectivity index (χ0v) is 16.8. The van der Waals surface area contributed by atoms with Crippen LogP contribution in [-0.4, -0.2) is 59.3 Å². The second-order valence-corrected chi connectivity index (χ2v) is 7.85. The summed E-state index contributed by atoms with van der Waals surface area (Å²) in [7, 11) is 6.05. The first-order chi connectivity index (χ1) is 12.9. The fraction of sp³-hybridized carbons (Fsp3) is 0.524. The number of nitrogens with zero attached hydrogens (tertiary/aromatic N) is 3. The number of likely N-dealkylation sites (N-methyl/N-ethyl adjacent to an activating group) is 1. The Labute approximate surface area is 161 Å². The van der Waals surface area contributed by atoms with Crippen LogP contribution < -0.4 is 5.32 Å². The molecule has 1 heterocycles. The summed E-state index contributed by atoms with van der Waals surface area (Å²) in [6.45, 7) is 2.70. The molecule has 3 rings (SSSR count). The van der Waals surface area contributed by atoms with Crippen molar-refractivity contribution >= 4 is 6.03 Å². The summed E-state index contributed by atoms with van der Waals surface area (Å²) in [5.41, 5.74) is 2.97. The minimum Gasteiger partial charge on any atom is -0.336 e. The van der Waals surface area contributed by atoms with Crippen molar-refractivity contribution in [2.45, 2.75) is 44.2 Å². The average Bonchev–Trinajstić information content (AvgIpc) is 3.36. The first-order valence-corrected chi connectivity index (χ1v) is 9.72. The Balaban J connectivity index is 1.62. The van der Waals surface area contributed by atoms with Crippen LogP contribution in [-0.2, 0) is 0 Å². The van der Waals surface area contributed by atoms with Crippen LogP contribution in [0.1, 0.15) is 44.3 Å². The third-order valence-corrected chi connectivity index (χ3v) is 6.07. The summed E-state index contributed by atoms with van der Waals surface area (Å²) in [5, 5.41) is 10.6. The van der Waals surface area contributed by atoms with E-state index in [0.717, 1.165) is 29.8 Å². The summed E-state index contributed by atoms with van der Waals surface area (Å²) in [6.07, 6.45) is 4.74. The van der Waals surface area contributed by atoms with Crippen molar-refractivity contribution < 1.29 is 4.79 Å². The summed E-state index contributed by atoms with van der Waals surface area (Å²) in [6, 6.07) is 11.9. The average molecular weight is 370 g/mol. The van der Waals surface area contributed by atoms with E-state index in [-0.39, 0.29) is 17.6 Å². The molecule has 27 heavy (non-hydrogen) atoms. The Bertz CT molecular complexity index is 749. The Morgan fingerprint density at radius 2 is 1.89 bits per heavy atom. The van der Waals surface area contributed by atoms with Crippen molar-refractivity contribution in [1.29, 1.82) is 0 Å². The van der Waals surface area contributed by atoms with Crippen LogP contribution in [0.5, 0.6) is 0 Å². The molecule has 146 valence electrons. The number of urea groups is 1. The molecule has 1 fully saturated rings. The number of aromatic amines is 1. The van der Waals surface area contributed by atoms with Gasteiger partial charge in [0.15, 0.2) is 0 Å². The van der Waals surface area contributed by atoms with Gasteiger partial charge in [0, 0.05) is 24.7 Å². The Morgan fingerprint density at radius 1 is 1.22 bits per heavy atom. The van der Waals surface area contributed by atoms with Crippen LogP contribution in [0, 0.1) is 0 Å². The highest BCUT2D eigenvalue weighted by molar-refractivity contribution is 5.74. The Kier molecular flexibility index (Phi) is 5.85. The van der Waals surface area contributed by atoms with E-state index in [0.29, 0.717) is 6.54 Å². The lowest BCUT2D eigenvalue weighted by atomic mass is 9.96. The van der Waals surface area contributed by atoms with Gasteiger partial charge in [0.1, 0.15) is 0 Å². The highest BCUT2D eigenvalue weighted by atomic mass is 16.2. The summed E-state index contributed by atoms with van der Waals surface area (Å²) >= 11 is 0. The molecule has 2 aromatic rings. The molecule has 0 spiro atoms. The molecule has 1 aliphatic rings. The van der Waals surface area contributed by atoms with Crippen LogP contribution in [0.2, 0.25) is 0 Å². The third kappa shape index (κ3) is 4.16. The molecule has 0 aliphatic heterocycles. The van der Waals surface area contributed by atoms with Crippen LogP contribution in [0.15, 0.2) is 36.4 Å². The lowest BCUT2D eigenvalue weighted by Gasteiger charge is -2.37. The topological polar surface area (TPSA) is 64.3 Å². The number of nitrogens with one attached hydrogen (secondary N) is 2. The van der Waals surface area contributed by atoms with Gasteiger partial charge >= 0.3 is 6.03 Å². The molecule has 1 saturated carbocycles. The lowest BCUT2D eigenvalue weighted by Crippen LogP contribution is -2.52. The molecule has 0 bridgehead atoms. The number of amides is 2. The van der Waals surface area contributed by atoms with E-state index >= 15 is 0 Å². The van der Waals surface area contributed by atoms with Crippen LogP contribution >= 0.6 is 0 Å². The molecule has 6 nitrogen and oxygen atoms in total. The van der Waals surface area contributed by atoms with Gasteiger partial charge in [-0.25, -0.2) is 4.79 Å². The lowest BCUT2D eigenvalue weighted by molar-refractivity contribution is 0.145. The highest BCUT2D eigenvalue weighted by Gasteiger charge is 2.36. The van der Waals surface area contributed by atoms with Crippen LogP contribution in [0.25, 0.3) is 11.3 Å². The number of carbonyl (C=O) groups excluding carboxylic acids is 1. The number of H-pyrrole nitrogens is 1. The van der Waals surface area contributed by atoms with Gasteiger partial charge in [-0.05, 0) is 39.9 Å². The van der Waals surface area contributed by atoms with Crippen molar-refractivity contribution in [3.05, 3.63) is 42.1 Å². The van der Waals surface area contributed by atoms with Gasteiger partial charge in [-0.3, -0.25) is 5.10 Å². The van der Waals surface area contributed by atoms with Crippen LogP contribution in [0.4, 0.5) is 4.79 Å². The zero-order chi connectivity index (χ0) is 19.4. The van der Waals surface area contributed by atoms with E-state index in [1.165, 1.54) is 12.8 Å². The molecule has 1 atom stereocenters. The number of aromatic nitrogens is 2. The molecule has 0 radical (unpaired) electrons. The summed E-state index contributed by atoms with van der Waals surface area (Å²) in [5.74, 6) is 0. The highest BCUT2D eigenvalue weighted by Crippen LogP contribution is 2.33. The predicted molar refractivity (Wildman–Crippen MR) is 108 cm³/mol. The predicted octanol–water partition coefficient (Wildman–Crippen LogP) is 3.65. The fourth-order valence-electron chi connectivity index (χ4n) is 3.87. The van der Waals surface area contributed by atoms with E-state index in [9.17, 15) is 4.79 Å². The molecule has 0 unspecified atom stereocenters. The van der Waals surface area contributed by atoms with Gasteiger partial charge in [0.2, 0.25) is 0 Å². The standard InChI is InChI=1S/C21H31N5O/c1-16(18-14-19(24-23-18)17-10-6-5-7-11-17)26(4)20(27)22-15-21(25(2)3)12-8-9-13-21/h5-7,10-11,14,16H,8-9,12-13,15H2,1-4H3,(H,22,27)(H,23,24)/t16-/m1/s1. The molecule has 2 amide bonds. The van der Waals surface area contributed by atoms with E-state index in [2.05, 4.69) is 34.5 Å². The largest absolute Gasteiger partial charge is 0.336 e. The summed E-state index contributed by atoms with van der Waals surface area (Å²) < 4.78 is 0. The maximum atomic E-state index is 12.7. The molecule has 1 aromatic heterocycles. The quantitative estimate of drug-likeness (QED) is 0.817. The van der Waals surface area contributed by atoms with Crippen molar-refractivity contribution in [2.24, 2.45) is 0 Å². The molecular formula is C21H31N5O. The first-order valence-electron chi connectivity index (χ1n) is 9.72. The molecule has 0 saturated heterocycles. The Hall–Kier alpha value is -2.34. The van der Waals surface area contributed by atoms with E-state index in [4.69, 9.17) is 0 Å². The molecular weight excluding hydrogens is 338 g/mol. The first kappa shape index (κ1) is 19.4. The number of rotatable bonds is 6. The van der Waals surface area contributed by atoms with Crippen molar-refractivity contribution in [3.63, 3.8) is 0 Å². The van der Waals surface area contributed by atoms with Gasteiger partial charge in [0.05, 0.1) is 17.4 Å². The normalized spacial score (nSPS) is 17.1. The van der Waals surface area contributed by atoms with Gasteiger partial charge < -0.3 is 15.1 Å². The fourth-order valence-corrected chi connectivity index (χ4v) is 3.87. The van der Waals surface area contributed by atoms with E-state index in [1.54, 1.807) is 4.90 Å². The maximum Gasteiger partial charge on any atom is 0.317 e. The van der Waals surface area contributed by atoms with Crippen LogP contribution in [0.3, 0.4) is 0 Å². The zero-order valence-electron chi connectivity index (χ0n) is 16.8. The second kappa shape index (κ2) is 8.13. The summed E-state index contributed by atoms with van der Waals surface area (Å²) in [4.78, 5) is 16.7. The molecule has 2 N–H and O–H groups in total. The number of hydrogen-bond donors (Lipinski definition) is 2. The van der Waals surface area contributed by atoms with Crippen molar-refractivity contribution in [2.75, 3.05) is 27.7 Å². The number of carbonyl (C=O) groups is 1. The maximum absolute atomic E-state index is 12.7.